The Bertz CT molecular complexity index is 764. The van der Waals surface area contributed by atoms with Gasteiger partial charge in [-0.05, 0) is 37.5 Å². The number of benzene rings is 1. The molecule has 1 amide bonds. The topological polar surface area (TPSA) is 78.5 Å². The number of nitrogens with one attached hydrogen (secondary N) is 2. The zero-order valence-corrected chi connectivity index (χ0v) is 17.8. The van der Waals surface area contributed by atoms with E-state index < -0.39 is 10.0 Å². The van der Waals surface area contributed by atoms with Gasteiger partial charge in [0.05, 0.1) is 4.90 Å². The van der Waals surface area contributed by atoms with Crippen LogP contribution in [0.5, 0.6) is 0 Å². The average molecular weight is 428 g/mol. The number of hydrogen-bond acceptors (Lipinski definition) is 4. The Labute approximate surface area is 173 Å². The molecule has 1 aliphatic heterocycles. The molecule has 1 aliphatic carbocycles. The standard InChI is InChI=1S/C20H30ClN3O3S/c21-16-6-5-9-19(14-16)28(26,27)22-12-10-20(25)23-17-11-13-24(15-17)18-7-3-1-2-4-8-18/h5-6,9,14,17-18,22H,1-4,7-8,10-13,15H2,(H,23,25)/t17-/m0/s1. The van der Waals surface area contributed by atoms with Crippen molar-refractivity contribution in [2.75, 3.05) is 19.6 Å². The van der Waals surface area contributed by atoms with E-state index in [4.69, 9.17) is 11.6 Å². The molecule has 1 saturated carbocycles. The minimum atomic E-state index is -3.66. The Morgan fingerprint density at radius 2 is 1.89 bits per heavy atom. The van der Waals surface area contributed by atoms with Crippen LogP contribution >= 0.6 is 11.6 Å². The Balaban J connectivity index is 1.40. The molecule has 8 heteroatoms. The first kappa shape index (κ1) is 21.6. The van der Waals surface area contributed by atoms with Crippen LogP contribution in [0.25, 0.3) is 0 Å². The van der Waals surface area contributed by atoms with Crippen molar-refractivity contribution in [1.29, 1.82) is 0 Å². The van der Waals surface area contributed by atoms with Gasteiger partial charge in [0.15, 0.2) is 0 Å². The van der Waals surface area contributed by atoms with Gasteiger partial charge in [-0.1, -0.05) is 43.4 Å². The second kappa shape index (κ2) is 10.1. The molecule has 156 valence electrons. The van der Waals surface area contributed by atoms with Crippen molar-refractivity contribution in [2.24, 2.45) is 0 Å². The van der Waals surface area contributed by atoms with E-state index in [1.54, 1.807) is 12.1 Å². The molecule has 6 nitrogen and oxygen atoms in total. The molecule has 1 aromatic rings. The first-order chi connectivity index (χ1) is 13.4. The first-order valence-electron chi connectivity index (χ1n) is 10.2. The summed E-state index contributed by atoms with van der Waals surface area (Å²) in [6.07, 6.45) is 8.94. The SMILES string of the molecule is O=C(CCNS(=O)(=O)c1cccc(Cl)c1)N[C@H]1CCN(C2CCCCCC2)C1. The fourth-order valence-electron chi connectivity index (χ4n) is 4.18. The fraction of sp³-hybridized carbons (Fsp3) is 0.650. The zero-order valence-electron chi connectivity index (χ0n) is 16.2. The Morgan fingerprint density at radius 1 is 1.14 bits per heavy atom. The number of carbonyl (C=O) groups is 1. The number of sulfonamides is 1. The highest BCUT2D eigenvalue weighted by Gasteiger charge is 2.29. The molecule has 1 heterocycles. The summed E-state index contributed by atoms with van der Waals surface area (Å²) in [6, 6.07) is 6.91. The number of rotatable bonds is 7. The van der Waals surface area contributed by atoms with E-state index in [9.17, 15) is 13.2 Å². The monoisotopic (exact) mass is 427 g/mol. The number of halogens is 1. The number of nitrogens with zero attached hydrogens (tertiary/aromatic N) is 1. The molecular weight excluding hydrogens is 398 g/mol. The smallest absolute Gasteiger partial charge is 0.240 e. The zero-order chi connectivity index (χ0) is 20.0. The van der Waals surface area contributed by atoms with Crippen molar-refractivity contribution >= 4 is 27.5 Å². The van der Waals surface area contributed by atoms with Crippen molar-refractivity contribution in [1.82, 2.24) is 14.9 Å². The van der Waals surface area contributed by atoms with Crippen molar-refractivity contribution in [3.8, 4) is 0 Å². The number of carbonyl (C=O) groups excluding carboxylic acids is 1. The van der Waals surface area contributed by atoms with Crippen molar-refractivity contribution < 1.29 is 13.2 Å². The van der Waals surface area contributed by atoms with E-state index in [2.05, 4.69) is 14.9 Å². The van der Waals surface area contributed by atoms with Gasteiger partial charge in [0.25, 0.3) is 0 Å². The number of likely N-dealkylation sites (tertiary alicyclic amines) is 1. The van der Waals surface area contributed by atoms with Gasteiger partial charge >= 0.3 is 0 Å². The summed E-state index contributed by atoms with van der Waals surface area (Å²) in [5, 5.41) is 3.42. The third kappa shape index (κ3) is 6.17. The highest BCUT2D eigenvalue weighted by atomic mass is 35.5. The molecular formula is C20H30ClN3O3S. The van der Waals surface area contributed by atoms with Crippen LogP contribution in [-0.4, -0.2) is 50.9 Å². The maximum Gasteiger partial charge on any atom is 0.240 e. The van der Waals surface area contributed by atoms with Crippen LogP contribution in [0, 0.1) is 0 Å². The lowest BCUT2D eigenvalue weighted by molar-refractivity contribution is -0.121. The molecule has 28 heavy (non-hydrogen) atoms. The molecule has 0 radical (unpaired) electrons. The maximum atomic E-state index is 12.2. The summed E-state index contributed by atoms with van der Waals surface area (Å²) < 4.78 is 27.0. The highest BCUT2D eigenvalue weighted by molar-refractivity contribution is 7.89. The third-order valence-corrected chi connectivity index (χ3v) is 7.37. The quantitative estimate of drug-likeness (QED) is 0.656. The van der Waals surface area contributed by atoms with Crippen LogP contribution in [0.2, 0.25) is 5.02 Å². The van der Waals surface area contributed by atoms with Gasteiger partial charge in [-0.2, -0.15) is 0 Å². The molecule has 0 spiro atoms. The first-order valence-corrected chi connectivity index (χ1v) is 12.1. The molecule has 2 fully saturated rings. The molecule has 3 rings (SSSR count). The van der Waals surface area contributed by atoms with Gasteiger partial charge in [0, 0.05) is 43.2 Å². The average Bonchev–Trinajstić information content (AvgIpc) is 2.94. The van der Waals surface area contributed by atoms with E-state index in [1.807, 2.05) is 0 Å². The number of amides is 1. The Kier molecular flexibility index (Phi) is 7.74. The van der Waals surface area contributed by atoms with E-state index in [-0.39, 0.29) is 29.8 Å². The van der Waals surface area contributed by atoms with Crippen LogP contribution in [0.4, 0.5) is 0 Å². The normalized spacial score (nSPS) is 22.1. The minimum Gasteiger partial charge on any atom is -0.352 e. The Hall–Kier alpha value is -1.15. The largest absolute Gasteiger partial charge is 0.352 e. The van der Waals surface area contributed by atoms with Gasteiger partial charge < -0.3 is 5.32 Å². The maximum absolute atomic E-state index is 12.2. The predicted octanol–water partition coefficient (Wildman–Crippen LogP) is 2.92. The summed E-state index contributed by atoms with van der Waals surface area (Å²) in [7, 11) is -3.66. The molecule has 0 unspecified atom stereocenters. The van der Waals surface area contributed by atoms with Crippen molar-refractivity contribution in [3.05, 3.63) is 29.3 Å². The van der Waals surface area contributed by atoms with Crippen LogP contribution in [-0.2, 0) is 14.8 Å². The fourth-order valence-corrected chi connectivity index (χ4v) is 5.51. The molecule has 2 N–H and O–H groups in total. The van der Waals surface area contributed by atoms with Crippen LogP contribution < -0.4 is 10.0 Å². The molecule has 1 saturated heterocycles. The van der Waals surface area contributed by atoms with Crippen LogP contribution in [0.1, 0.15) is 51.4 Å². The van der Waals surface area contributed by atoms with Crippen molar-refractivity contribution in [3.63, 3.8) is 0 Å². The van der Waals surface area contributed by atoms with E-state index in [0.717, 1.165) is 19.5 Å². The molecule has 0 aromatic heterocycles. The third-order valence-electron chi connectivity index (χ3n) is 5.68. The Morgan fingerprint density at radius 3 is 2.61 bits per heavy atom. The lowest BCUT2D eigenvalue weighted by Crippen LogP contribution is -2.40. The molecule has 1 atom stereocenters. The minimum absolute atomic E-state index is 0.0692. The summed E-state index contributed by atoms with van der Waals surface area (Å²) in [5.74, 6) is -0.110. The highest BCUT2D eigenvalue weighted by Crippen LogP contribution is 2.25. The van der Waals surface area contributed by atoms with Gasteiger partial charge in [-0.25, -0.2) is 13.1 Å². The summed E-state index contributed by atoms with van der Waals surface area (Å²) in [4.78, 5) is 14.9. The van der Waals surface area contributed by atoms with E-state index in [0.29, 0.717) is 11.1 Å². The lowest BCUT2D eigenvalue weighted by atomic mass is 10.1. The molecule has 2 aliphatic rings. The lowest BCUT2D eigenvalue weighted by Gasteiger charge is -2.26. The summed E-state index contributed by atoms with van der Waals surface area (Å²) in [6.45, 7) is 2.02. The van der Waals surface area contributed by atoms with Crippen LogP contribution in [0.3, 0.4) is 0 Å². The van der Waals surface area contributed by atoms with Gasteiger partial charge in [0.1, 0.15) is 0 Å². The summed E-state index contributed by atoms with van der Waals surface area (Å²) >= 11 is 5.85. The van der Waals surface area contributed by atoms with E-state index >= 15 is 0 Å². The second-order valence-electron chi connectivity index (χ2n) is 7.80. The molecule has 1 aromatic carbocycles. The second-order valence-corrected chi connectivity index (χ2v) is 10.0. The number of hydrogen-bond donors (Lipinski definition) is 2. The summed E-state index contributed by atoms with van der Waals surface area (Å²) in [5.41, 5.74) is 0. The predicted molar refractivity (Wildman–Crippen MR) is 111 cm³/mol. The van der Waals surface area contributed by atoms with Gasteiger partial charge in [-0.3, -0.25) is 9.69 Å². The molecule has 0 bridgehead atoms. The van der Waals surface area contributed by atoms with Gasteiger partial charge in [-0.15, -0.1) is 0 Å². The van der Waals surface area contributed by atoms with Crippen LogP contribution in [0.15, 0.2) is 29.2 Å². The van der Waals surface area contributed by atoms with Gasteiger partial charge in [0.2, 0.25) is 15.9 Å². The van der Waals surface area contributed by atoms with Crippen molar-refractivity contribution in [2.45, 2.75) is 68.3 Å². The van der Waals surface area contributed by atoms with E-state index in [1.165, 1.54) is 50.7 Å².